The predicted octanol–water partition coefficient (Wildman–Crippen LogP) is 5.01. The van der Waals surface area contributed by atoms with Gasteiger partial charge in [-0.3, -0.25) is 4.98 Å². The summed E-state index contributed by atoms with van der Waals surface area (Å²) in [5.74, 6) is 0.123. The molecule has 0 bridgehead atoms. The lowest BCUT2D eigenvalue weighted by Crippen LogP contribution is -2.18. The topological polar surface area (TPSA) is 71.7 Å². The van der Waals surface area contributed by atoms with Crippen molar-refractivity contribution in [3.63, 3.8) is 0 Å². The van der Waals surface area contributed by atoms with Gasteiger partial charge in [-0.15, -0.1) is 0 Å². The Balaban J connectivity index is 2.31. The molecule has 1 aromatic carbocycles. The molecular weight excluding hydrogens is 357 g/mol. The van der Waals surface area contributed by atoms with Crippen molar-refractivity contribution in [2.24, 2.45) is 0 Å². The Labute approximate surface area is 145 Å². The molecule has 9 heteroatoms. The Bertz CT molecular complexity index is 933. The van der Waals surface area contributed by atoms with Crippen LogP contribution in [-0.2, 0) is 0 Å². The Hall–Kier alpha value is -2.45. The predicted molar refractivity (Wildman–Crippen MR) is 87.4 cm³/mol. The zero-order chi connectivity index (χ0) is 18.2. The van der Waals surface area contributed by atoms with E-state index in [1.165, 1.54) is 25.6 Å². The third-order valence-corrected chi connectivity index (χ3v) is 3.83. The smallest absolute Gasteiger partial charge is 0.377 e. The van der Waals surface area contributed by atoms with Gasteiger partial charge in [0.1, 0.15) is 5.69 Å². The van der Waals surface area contributed by atoms with Crippen molar-refractivity contribution < 1.29 is 17.9 Å². The summed E-state index contributed by atoms with van der Waals surface area (Å²) in [6.45, 7) is 0. The number of hydrogen-bond donors (Lipinski definition) is 0. The molecule has 1 N–H and O–H groups in total. The maximum Gasteiger partial charge on any atom is 0.377 e. The fourth-order valence-electron chi connectivity index (χ4n) is 2.34. The van der Waals surface area contributed by atoms with E-state index in [0.29, 0.717) is 10.9 Å². The first-order valence-corrected chi connectivity index (χ1v) is 7.42. The van der Waals surface area contributed by atoms with Gasteiger partial charge in [0.25, 0.3) is 0 Å². The number of hydrogen-bond acceptors (Lipinski definition) is 4. The highest BCUT2D eigenvalue weighted by Gasteiger charge is 2.34. The quantitative estimate of drug-likeness (QED) is 0.652. The molecule has 0 fully saturated rings. The number of alkyl halides is 3. The van der Waals surface area contributed by atoms with Crippen molar-refractivity contribution in [3.8, 4) is 17.3 Å². The molecule has 1 atom stereocenters. The molecule has 2 heterocycles. The maximum atomic E-state index is 13.2. The van der Waals surface area contributed by atoms with Gasteiger partial charge in [0.2, 0.25) is 5.88 Å². The van der Waals surface area contributed by atoms with Crippen LogP contribution >= 0.6 is 11.6 Å². The van der Waals surface area contributed by atoms with Gasteiger partial charge >= 0.3 is 6.18 Å². The molecule has 2 aromatic heterocycles. The number of nitrogens with zero attached hydrogens (tertiary/aromatic N) is 3. The number of nitrogens with one attached hydrogen (secondary N) is 1. The van der Waals surface area contributed by atoms with Gasteiger partial charge in [0.15, 0.2) is 0 Å². The number of halogens is 4. The normalized spacial score (nSPS) is 13.0. The first-order chi connectivity index (χ1) is 11.8. The fraction of sp³-hybridized carbons (Fsp3) is 0.188. The largest absolute Gasteiger partial charge is 0.663 e. The summed E-state index contributed by atoms with van der Waals surface area (Å²) < 4.78 is 44.4. The molecule has 0 amide bonds. The van der Waals surface area contributed by atoms with Crippen molar-refractivity contribution >= 4 is 22.5 Å². The van der Waals surface area contributed by atoms with Crippen LogP contribution in [0.15, 0.2) is 36.7 Å². The van der Waals surface area contributed by atoms with E-state index in [9.17, 15) is 13.2 Å². The molecule has 5 nitrogen and oxygen atoms in total. The van der Waals surface area contributed by atoms with Gasteiger partial charge in [-0.25, -0.2) is 9.97 Å². The van der Waals surface area contributed by atoms with Crippen LogP contribution in [0.2, 0.25) is 5.02 Å². The van der Waals surface area contributed by atoms with E-state index in [2.05, 4.69) is 15.0 Å². The number of fused-ring (bicyclic) bond motifs is 1. The molecule has 0 aliphatic carbocycles. The van der Waals surface area contributed by atoms with E-state index in [4.69, 9.17) is 22.1 Å². The minimum Gasteiger partial charge on any atom is -0.663 e. The highest BCUT2D eigenvalue weighted by atomic mass is 35.5. The lowest BCUT2D eigenvalue weighted by molar-refractivity contribution is -0.139. The van der Waals surface area contributed by atoms with Crippen LogP contribution in [0, 0.1) is 0 Å². The second kappa shape index (κ2) is 6.45. The molecule has 3 rings (SSSR count). The Kier molecular flexibility index (Phi) is 4.49. The van der Waals surface area contributed by atoms with E-state index in [-0.39, 0.29) is 27.9 Å². The molecule has 0 aliphatic rings. The SMILES string of the molecule is COc1cncc(-c2nc3c(Cl)cccc3cc2[C@@H]([NH-])C(F)(F)F)n1. The molecule has 0 unspecified atom stereocenters. The summed E-state index contributed by atoms with van der Waals surface area (Å²) >= 11 is 6.10. The maximum absolute atomic E-state index is 13.2. The van der Waals surface area contributed by atoms with E-state index < -0.39 is 12.2 Å². The summed E-state index contributed by atoms with van der Waals surface area (Å²) in [5.41, 5.74) is 7.56. The van der Waals surface area contributed by atoms with Crippen LogP contribution in [0.5, 0.6) is 5.88 Å². The Morgan fingerprint density at radius 3 is 2.64 bits per heavy atom. The van der Waals surface area contributed by atoms with E-state index >= 15 is 0 Å². The number of methoxy groups -OCH3 is 1. The summed E-state index contributed by atoms with van der Waals surface area (Å²) in [5, 5.41) is 0.693. The summed E-state index contributed by atoms with van der Waals surface area (Å²) in [7, 11) is 1.36. The minimum absolute atomic E-state index is 0.0673. The van der Waals surface area contributed by atoms with Crippen molar-refractivity contribution in [1.82, 2.24) is 15.0 Å². The van der Waals surface area contributed by atoms with E-state index in [0.717, 1.165) is 0 Å². The number of para-hydroxylation sites is 1. The number of ether oxygens (including phenoxy) is 1. The molecular formula is C16H11ClF3N4O-. The molecule has 25 heavy (non-hydrogen) atoms. The monoisotopic (exact) mass is 367 g/mol. The van der Waals surface area contributed by atoms with E-state index in [1.54, 1.807) is 18.2 Å². The van der Waals surface area contributed by atoms with Crippen molar-refractivity contribution in [2.45, 2.75) is 12.2 Å². The lowest BCUT2D eigenvalue weighted by atomic mass is 10.0. The van der Waals surface area contributed by atoms with E-state index in [1.807, 2.05) is 0 Å². The molecule has 0 radical (unpaired) electrons. The first kappa shape index (κ1) is 17.4. The molecule has 0 saturated carbocycles. The summed E-state index contributed by atoms with van der Waals surface area (Å²) in [4.78, 5) is 12.2. The number of aromatic nitrogens is 3. The third kappa shape index (κ3) is 3.35. The van der Waals surface area contributed by atoms with Crippen LogP contribution in [0.25, 0.3) is 28.0 Å². The average Bonchev–Trinajstić information content (AvgIpc) is 2.59. The summed E-state index contributed by atoms with van der Waals surface area (Å²) in [6.07, 6.45) is -2.17. The molecule has 0 aliphatic heterocycles. The van der Waals surface area contributed by atoms with Gasteiger partial charge in [-0.1, -0.05) is 23.7 Å². The zero-order valence-electron chi connectivity index (χ0n) is 12.8. The molecule has 130 valence electrons. The standard InChI is InChI=1S/C16H11ClF3N4O/c1-25-12-7-22-6-11(23-12)14-9(15(21)16(18,19)20)5-8-3-2-4-10(17)13(8)24-14/h2-7,15,21H,1H3/q-1/t15-/m1/s1. The molecule has 3 aromatic rings. The summed E-state index contributed by atoms with van der Waals surface area (Å²) in [6, 6.07) is 3.55. The van der Waals surface area contributed by atoms with Crippen LogP contribution in [0.1, 0.15) is 11.6 Å². The second-order valence-electron chi connectivity index (χ2n) is 5.16. The molecule has 0 spiro atoms. The van der Waals surface area contributed by atoms with Gasteiger partial charge in [-0.05, 0) is 23.7 Å². The minimum atomic E-state index is -4.75. The Morgan fingerprint density at radius 1 is 1.20 bits per heavy atom. The van der Waals surface area contributed by atoms with Crippen molar-refractivity contribution in [3.05, 3.63) is 53.0 Å². The number of benzene rings is 1. The fourth-order valence-corrected chi connectivity index (χ4v) is 2.56. The Morgan fingerprint density at radius 2 is 1.96 bits per heavy atom. The average molecular weight is 368 g/mol. The van der Waals surface area contributed by atoms with Gasteiger partial charge in [0.05, 0.1) is 35.7 Å². The highest BCUT2D eigenvalue weighted by molar-refractivity contribution is 6.35. The van der Waals surface area contributed by atoms with Gasteiger partial charge < -0.3 is 10.5 Å². The zero-order valence-corrected chi connectivity index (χ0v) is 13.6. The third-order valence-electron chi connectivity index (χ3n) is 3.53. The van der Waals surface area contributed by atoms with Crippen LogP contribution in [0.3, 0.4) is 0 Å². The lowest BCUT2D eigenvalue weighted by Gasteiger charge is -2.26. The second-order valence-corrected chi connectivity index (χ2v) is 5.57. The van der Waals surface area contributed by atoms with Crippen LogP contribution < -0.4 is 4.74 Å². The van der Waals surface area contributed by atoms with Gasteiger partial charge in [0, 0.05) is 5.39 Å². The highest BCUT2D eigenvalue weighted by Crippen LogP contribution is 2.40. The van der Waals surface area contributed by atoms with Crippen LogP contribution in [-0.4, -0.2) is 28.2 Å². The van der Waals surface area contributed by atoms with Crippen LogP contribution in [0.4, 0.5) is 13.2 Å². The van der Waals surface area contributed by atoms with Crippen molar-refractivity contribution in [2.75, 3.05) is 7.11 Å². The van der Waals surface area contributed by atoms with Crippen molar-refractivity contribution in [1.29, 1.82) is 0 Å². The molecule has 0 saturated heterocycles. The first-order valence-electron chi connectivity index (χ1n) is 7.04. The number of rotatable bonds is 3. The number of pyridine rings is 1. The van der Waals surface area contributed by atoms with Gasteiger partial charge in [-0.2, -0.15) is 13.2 Å².